The predicted octanol–water partition coefficient (Wildman–Crippen LogP) is 2.87. The van der Waals surface area contributed by atoms with Gasteiger partial charge in [0.25, 0.3) is 0 Å². The number of halogens is 2. The molecule has 2 aromatic rings. The van der Waals surface area contributed by atoms with Crippen LogP contribution in [-0.2, 0) is 17.6 Å². The summed E-state index contributed by atoms with van der Waals surface area (Å²) in [5.74, 6) is -0.574. The molecule has 0 aliphatic rings. The van der Waals surface area contributed by atoms with Crippen LogP contribution in [0.25, 0.3) is 0 Å². The molecule has 0 radical (unpaired) electrons. The molecule has 18 heavy (non-hydrogen) atoms. The van der Waals surface area contributed by atoms with Gasteiger partial charge in [-0.15, -0.1) is 11.3 Å². The lowest BCUT2D eigenvalue weighted by Gasteiger charge is -2.02. The Kier molecular flexibility index (Phi) is 3.93. The number of benzene rings is 1. The SMILES string of the molecule is Nc1nc(CC(=O)Cc2ccc(Cl)cc2F)cs1. The van der Waals surface area contributed by atoms with Gasteiger partial charge in [-0.2, -0.15) is 0 Å². The van der Waals surface area contributed by atoms with E-state index in [1.165, 1.54) is 23.5 Å². The van der Waals surface area contributed by atoms with Crippen LogP contribution in [-0.4, -0.2) is 10.8 Å². The Bertz CT molecular complexity index is 585. The summed E-state index contributed by atoms with van der Waals surface area (Å²) in [5, 5.41) is 2.47. The van der Waals surface area contributed by atoms with E-state index in [2.05, 4.69) is 4.98 Å². The van der Waals surface area contributed by atoms with Crippen LogP contribution >= 0.6 is 22.9 Å². The summed E-state index contributed by atoms with van der Waals surface area (Å²) in [6, 6.07) is 4.28. The molecule has 0 amide bonds. The molecule has 0 unspecified atom stereocenters. The van der Waals surface area contributed by atoms with E-state index in [9.17, 15) is 9.18 Å². The molecule has 0 atom stereocenters. The minimum absolute atomic E-state index is 0.0282. The number of nitrogen functional groups attached to an aromatic ring is 1. The van der Waals surface area contributed by atoms with Gasteiger partial charge in [0.15, 0.2) is 5.13 Å². The standard InChI is InChI=1S/C12H10ClFN2OS/c13-8-2-1-7(11(14)4-8)3-10(17)5-9-6-18-12(15)16-9/h1-2,4,6H,3,5H2,(H2,15,16). The summed E-state index contributed by atoms with van der Waals surface area (Å²) in [6.45, 7) is 0. The van der Waals surface area contributed by atoms with E-state index in [1.54, 1.807) is 11.4 Å². The molecule has 6 heteroatoms. The highest BCUT2D eigenvalue weighted by Crippen LogP contribution is 2.17. The van der Waals surface area contributed by atoms with Gasteiger partial charge in [0, 0.05) is 23.2 Å². The van der Waals surface area contributed by atoms with E-state index in [0.29, 0.717) is 21.4 Å². The van der Waals surface area contributed by atoms with Gasteiger partial charge in [-0.1, -0.05) is 17.7 Å². The van der Waals surface area contributed by atoms with Crippen molar-refractivity contribution in [2.45, 2.75) is 12.8 Å². The fourth-order valence-corrected chi connectivity index (χ4v) is 2.27. The Hall–Kier alpha value is -1.46. The third kappa shape index (κ3) is 3.27. The molecule has 0 bridgehead atoms. The van der Waals surface area contributed by atoms with Gasteiger partial charge in [0.2, 0.25) is 0 Å². The van der Waals surface area contributed by atoms with Crippen LogP contribution in [0.5, 0.6) is 0 Å². The first-order valence-electron chi connectivity index (χ1n) is 5.20. The third-order valence-electron chi connectivity index (χ3n) is 2.35. The average Bonchev–Trinajstić information content (AvgIpc) is 2.68. The molecule has 1 heterocycles. The number of rotatable bonds is 4. The summed E-state index contributed by atoms with van der Waals surface area (Å²) in [6.07, 6.45) is 0.191. The topological polar surface area (TPSA) is 56.0 Å². The van der Waals surface area contributed by atoms with Gasteiger partial charge in [-0.3, -0.25) is 4.79 Å². The Morgan fingerprint density at radius 2 is 2.22 bits per heavy atom. The number of hydrogen-bond acceptors (Lipinski definition) is 4. The minimum Gasteiger partial charge on any atom is -0.375 e. The molecule has 0 aliphatic heterocycles. The molecule has 1 aromatic heterocycles. The van der Waals surface area contributed by atoms with E-state index in [0.717, 1.165) is 0 Å². The molecule has 2 N–H and O–H groups in total. The van der Waals surface area contributed by atoms with Gasteiger partial charge in [0.05, 0.1) is 5.69 Å². The number of anilines is 1. The zero-order valence-corrected chi connectivity index (χ0v) is 10.9. The zero-order valence-electron chi connectivity index (χ0n) is 9.32. The molecule has 0 saturated carbocycles. The first kappa shape index (κ1) is 13.0. The van der Waals surface area contributed by atoms with Crippen molar-refractivity contribution in [3.63, 3.8) is 0 Å². The lowest BCUT2D eigenvalue weighted by Crippen LogP contribution is -2.08. The lowest BCUT2D eigenvalue weighted by atomic mass is 10.1. The van der Waals surface area contributed by atoms with Crippen molar-refractivity contribution in [1.29, 1.82) is 0 Å². The van der Waals surface area contributed by atoms with Crippen LogP contribution in [0.4, 0.5) is 9.52 Å². The van der Waals surface area contributed by atoms with Crippen molar-refractivity contribution in [3.8, 4) is 0 Å². The average molecular weight is 285 g/mol. The molecule has 0 spiro atoms. The van der Waals surface area contributed by atoms with Gasteiger partial charge in [0.1, 0.15) is 11.6 Å². The maximum Gasteiger partial charge on any atom is 0.180 e. The monoisotopic (exact) mass is 284 g/mol. The predicted molar refractivity (Wildman–Crippen MR) is 70.4 cm³/mol. The van der Waals surface area contributed by atoms with Crippen molar-refractivity contribution in [3.05, 3.63) is 45.7 Å². The van der Waals surface area contributed by atoms with E-state index < -0.39 is 5.82 Å². The van der Waals surface area contributed by atoms with Crippen LogP contribution in [0.2, 0.25) is 5.02 Å². The number of thiazole rings is 1. The maximum atomic E-state index is 13.5. The van der Waals surface area contributed by atoms with Crippen molar-refractivity contribution in [1.82, 2.24) is 4.98 Å². The first-order chi connectivity index (χ1) is 8.54. The van der Waals surface area contributed by atoms with Crippen LogP contribution in [0.15, 0.2) is 23.6 Å². The molecule has 2 rings (SSSR count). The van der Waals surface area contributed by atoms with Gasteiger partial charge in [-0.05, 0) is 17.7 Å². The molecule has 3 nitrogen and oxygen atoms in total. The van der Waals surface area contributed by atoms with Crippen LogP contribution in [0.3, 0.4) is 0 Å². The number of ketones is 1. The number of hydrogen-bond donors (Lipinski definition) is 1. The number of nitrogens with zero attached hydrogens (tertiary/aromatic N) is 1. The lowest BCUT2D eigenvalue weighted by molar-refractivity contribution is -0.117. The highest BCUT2D eigenvalue weighted by molar-refractivity contribution is 7.13. The number of Topliss-reactive ketones (excluding diaryl/α,β-unsaturated/α-hetero) is 1. The van der Waals surface area contributed by atoms with Gasteiger partial charge in [-0.25, -0.2) is 9.37 Å². The number of nitrogens with two attached hydrogens (primary N) is 1. The normalized spacial score (nSPS) is 10.6. The van der Waals surface area contributed by atoms with Crippen LogP contribution < -0.4 is 5.73 Å². The highest BCUT2D eigenvalue weighted by atomic mass is 35.5. The highest BCUT2D eigenvalue weighted by Gasteiger charge is 2.11. The molecule has 1 aromatic carbocycles. The third-order valence-corrected chi connectivity index (χ3v) is 3.31. The van der Waals surface area contributed by atoms with Crippen LogP contribution in [0, 0.1) is 5.82 Å². The van der Waals surface area contributed by atoms with Gasteiger partial charge < -0.3 is 5.73 Å². The second kappa shape index (κ2) is 5.46. The molecule has 0 saturated heterocycles. The van der Waals surface area contributed by atoms with Crippen molar-refractivity contribution in [2.75, 3.05) is 5.73 Å². The van der Waals surface area contributed by atoms with Crippen molar-refractivity contribution < 1.29 is 9.18 Å². The number of aromatic nitrogens is 1. The Balaban J connectivity index is 2.03. The van der Waals surface area contributed by atoms with Crippen LogP contribution in [0.1, 0.15) is 11.3 Å². The van der Waals surface area contributed by atoms with E-state index in [-0.39, 0.29) is 18.6 Å². The molecule has 0 aliphatic carbocycles. The van der Waals surface area contributed by atoms with Crippen molar-refractivity contribution in [2.24, 2.45) is 0 Å². The largest absolute Gasteiger partial charge is 0.375 e. The second-order valence-corrected chi connectivity index (χ2v) is 5.13. The zero-order chi connectivity index (χ0) is 13.1. The summed E-state index contributed by atoms with van der Waals surface area (Å²) in [7, 11) is 0. The summed E-state index contributed by atoms with van der Waals surface area (Å²) in [4.78, 5) is 15.7. The second-order valence-electron chi connectivity index (χ2n) is 3.81. The summed E-state index contributed by atoms with van der Waals surface area (Å²) >= 11 is 6.92. The van der Waals surface area contributed by atoms with E-state index >= 15 is 0 Å². The number of carbonyl (C=O) groups is 1. The maximum absolute atomic E-state index is 13.5. The molecule has 94 valence electrons. The fraction of sp³-hybridized carbons (Fsp3) is 0.167. The van der Waals surface area contributed by atoms with E-state index in [4.69, 9.17) is 17.3 Å². The minimum atomic E-state index is -0.464. The van der Waals surface area contributed by atoms with Crippen molar-refractivity contribution >= 4 is 33.9 Å². The first-order valence-corrected chi connectivity index (χ1v) is 6.46. The molecular formula is C12H10ClFN2OS. The van der Waals surface area contributed by atoms with Gasteiger partial charge >= 0.3 is 0 Å². The van der Waals surface area contributed by atoms with E-state index in [1.807, 2.05) is 0 Å². The summed E-state index contributed by atoms with van der Waals surface area (Å²) < 4.78 is 13.5. The smallest absolute Gasteiger partial charge is 0.180 e. The quantitative estimate of drug-likeness (QED) is 0.939. The summed E-state index contributed by atoms with van der Waals surface area (Å²) in [5.41, 5.74) is 6.43. The molecular weight excluding hydrogens is 275 g/mol. The Morgan fingerprint density at radius 3 is 2.83 bits per heavy atom. The molecule has 0 fully saturated rings. The Morgan fingerprint density at radius 1 is 1.44 bits per heavy atom. The fourth-order valence-electron chi connectivity index (χ4n) is 1.55. The number of carbonyl (C=O) groups excluding carboxylic acids is 1. The Labute approximate surface area is 112 Å².